The van der Waals surface area contributed by atoms with Crippen molar-refractivity contribution >= 4 is 63.5 Å². The Kier molecular flexibility index (Phi) is 9.06. The van der Waals surface area contributed by atoms with Gasteiger partial charge in [0, 0.05) is 23.4 Å². The van der Waals surface area contributed by atoms with E-state index < -0.39 is 33.8 Å². The van der Waals surface area contributed by atoms with Crippen molar-refractivity contribution in [2.24, 2.45) is 5.16 Å². The van der Waals surface area contributed by atoms with Gasteiger partial charge in [0.1, 0.15) is 24.2 Å². The van der Waals surface area contributed by atoms with Gasteiger partial charge in [-0.05, 0) is 13.8 Å². The number of ether oxygens (including phenoxy) is 2. The maximum absolute atomic E-state index is 12.8. The Hall–Kier alpha value is -1.07. The van der Waals surface area contributed by atoms with E-state index in [1.165, 1.54) is 35.5 Å². The molecular formula is C19H24N5NaO7S3. The van der Waals surface area contributed by atoms with Gasteiger partial charge in [0.05, 0.1) is 23.4 Å². The first-order valence-electron chi connectivity index (χ1n) is 10.3. The van der Waals surface area contributed by atoms with Crippen LogP contribution in [0.3, 0.4) is 0 Å². The molecule has 3 N–H and O–H groups in total. The predicted octanol–water partition coefficient (Wildman–Crippen LogP) is -4.15. The van der Waals surface area contributed by atoms with Gasteiger partial charge in [-0.25, -0.2) is 4.98 Å². The number of nitrogens with zero attached hydrogens (tertiary/aromatic N) is 3. The molecule has 0 spiro atoms. The van der Waals surface area contributed by atoms with E-state index >= 15 is 0 Å². The molecule has 35 heavy (non-hydrogen) atoms. The molecule has 3 unspecified atom stereocenters. The molecule has 0 bridgehead atoms. The zero-order valence-corrected chi connectivity index (χ0v) is 24.1. The number of carbonyl (C=O) groups is 3. The molecule has 3 aliphatic rings. The van der Waals surface area contributed by atoms with Crippen molar-refractivity contribution < 1.29 is 63.4 Å². The molecular weight excluding hydrogens is 529 g/mol. The first kappa shape index (κ1) is 28.5. The van der Waals surface area contributed by atoms with Gasteiger partial charge in [-0.15, -0.1) is 34.9 Å². The van der Waals surface area contributed by atoms with Crippen LogP contribution in [-0.4, -0.2) is 93.2 Å². The van der Waals surface area contributed by atoms with Crippen LogP contribution in [0.4, 0.5) is 5.13 Å². The summed E-state index contributed by atoms with van der Waals surface area (Å²) in [5.41, 5.74) is 5.76. The summed E-state index contributed by atoms with van der Waals surface area (Å²) in [7, 11) is 1.29. The number of carboxylic acids is 1. The number of carbonyl (C=O) groups excluding carboxylic acids is 3. The van der Waals surface area contributed by atoms with Crippen LogP contribution in [0.5, 0.6) is 0 Å². The van der Waals surface area contributed by atoms with E-state index in [-0.39, 0.29) is 70.4 Å². The summed E-state index contributed by atoms with van der Waals surface area (Å²) in [6.07, 6.45) is -0.253. The molecule has 0 saturated carbocycles. The fraction of sp³-hybridized carbons (Fsp3) is 0.632. The molecule has 0 aromatic carbocycles. The molecule has 4 heterocycles. The number of nitrogens with two attached hydrogens (primary N) is 1. The van der Waals surface area contributed by atoms with Crippen molar-refractivity contribution in [3.8, 4) is 0 Å². The van der Waals surface area contributed by atoms with Gasteiger partial charge in [-0.3, -0.25) is 9.59 Å². The van der Waals surface area contributed by atoms with Crippen LogP contribution in [0.25, 0.3) is 0 Å². The Morgan fingerprint density at radius 3 is 2.80 bits per heavy atom. The molecule has 16 heteroatoms. The molecule has 186 valence electrons. The van der Waals surface area contributed by atoms with Crippen molar-refractivity contribution in [3.63, 3.8) is 0 Å². The minimum Gasteiger partial charge on any atom is -0.549 e. The number of aromatic nitrogens is 1. The van der Waals surface area contributed by atoms with Crippen LogP contribution in [0, 0.1) is 0 Å². The number of carboxylic acid groups (broad SMARTS) is 1. The SMILES string of the molecule is CON=C(C(=O)NC1C(=O)N2CC(SCC3COC(C)(C)O3)(C(=O)[O-])CS[C@H]12)c1csc(N)n1.[Na+]. The number of fused-ring (bicyclic) bond motifs is 1. The second-order valence-electron chi connectivity index (χ2n) is 8.36. The summed E-state index contributed by atoms with van der Waals surface area (Å²) in [5, 5.41) is 19.9. The van der Waals surface area contributed by atoms with E-state index in [0.29, 0.717) is 12.4 Å². The molecule has 4 atom stereocenters. The Morgan fingerprint density at radius 2 is 2.23 bits per heavy atom. The largest absolute Gasteiger partial charge is 1.00 e. The molecule has 3 aliphatic heterocycles. The number of anilines is 1. The third kappa shape index (κ3) is 5.92. The van der Waals surface area contributed by atoms with Crippen LogP contribution in [0.1, 0.15) is 19.5 Å². The summed E-state index contributed by atoms with van der Waals surface area (Å²) in [5.74, 6) is -2.37. The second-order valence-corrected chi connectivity index (χ2v) is 11.8. The van der Waals surface area contributed by atoms with E-state index in [2.05, 4.69) is 15.5 Å². The molecule has 4 rings (SSSR count). The quantitative estimate of drug-likeness (QED) is 0.139. The number of β-lactam (4-membered cyclic amide) rings is 1. The zero-order chi connectivity index (χ0) is 24.7. The van der Waals surface area contributed by atoms with E-state index in [1.807, 2.05) is 0 Å². The van der Waals surface area contributed by atoms with Crippen LogP contribution >= 0.6 is 34.9 Å². The number of hydrogen-bond donors (Lipinski definition) is 2. The summed E-state index contributed by atoms with van der Waals surface area (Å²) >= 11 is 3.62. The summed E-state index contributed by atoms with van der Waals surface area (Å²) < 4.78 is 10.0. The van der Waals surface area contributed by atoms with Crippen LogP contribution in [0.2, 0.25) is 0 Å². The number of amides is 2. The van der Waals surface area contributed by atoms with Crippen LogP contribution in [0.15, 0.2) is 10.5 Å². The van der Waals surface area contributed by atoms with E-state index in [4.69, 9.17) is 20.0 Å². The van der Waals surface area contributed by atoms with Gasteiger partial charge >= 0.3 is 29.6 Å². The molecule has 3 fully saturated rings. The van der Waals surface area contributed by atoms with Crippen molar-refractivity contribution in [1.29, 1.82) is 0 Å². The van der Waals surface area contributed by atoms with Gasteiger partial charge in [0.15, 0.2) is 16.6 Å². The van der Waals surface area contributed by atoms with E-state index in [1.54, 1.807) is 19.2 Å². The monoisotopic (exact) mass is 553 g/mol. The molecule has 2 amide bonds. The molecule has 12 nitrogen and oxygen atoms in total. The van der Waals surface area contributed by atoms with Crippen LogP contribution < -0.4 is 45.7 Å². The number of hydrogen-bond acceptors (Lipinski definition) is 13. The van der Waals surface area contributed by atoms with Gasteiger partial charge in [0.25, 0.3) is 5.91 Å². The van der Waals surface area contributed by atoms with E-state index in [9.17, 15) is 19.5 Å². The third-order valence-corrected chi connectivity index (χ3v) is 9.40. The number of thioether (sulfide) groups is 2. The van der Waals surface area contributed by atoms with Crippen LogP contribution in [-0.2, 0) is 28.7 Å². The summed E-state index contributed by atoms with van der Waals surface area (Å²) in [6, 6.07) is -0.826. The first-order chi connectivity index (χ1) is 16.0. The fourth-order valence-corrected chi connectivity index (χ4v) is 7.31. The third-order valence-electron chi connectivity index (χ3n) is 5.49. The predicted molar refractivity (Wildman–Crippen MR) is 125 cm³/mol. The van der Waals surface area contributed by atoms with E-state index in [0.717, 1.165) is 11.3 Å². The maximum Gasteiger partial charge on any atom is 1.00 e. The number of nitrogen functional groups attached to an aromatic ring is 1. The molecule has 0 aliphatic carbocycles. The Bertz CT molecular complexity index is 1020. The van der Waals surface area contributed by atoms with Gasteiger partial charge < -0.3 is 40.2 Å². The maximum atomic E-state index is 12.8. The number of oxime groups is 1. The smallest absolute Gasteiger partial charge is 0.549 e. The van der Waals surface area contributed by atoms with Crippen molar-refractivity contribution in [2.75, 3.05) is 37.5 Å². The number of rotatable bonds is 8. The fourth-order valence-electron chi connectivity index (χ4n) is 3.82. The molecule has 0 radical (unpaired) electrons. The molecule has 1 aromatic heterocycles. The zero-order valence-electron chi connectivity index (χ0n) is 19.6. The second kappa shape index (κ2) is 11.1. The normalized spacial score (nSPS) is 29.6. The van der Waals surface area contributed by atoms with Gasteiger partial charge in [-0.1, -0.05) is 5.16 Å². The molecule has 3 saturated heterocycles. The molecule has 1 aromatic rings. The topological polar surface area (TPSA) is 168 Å². The minimum atomic E-state index is -1.29. The summed E-state index contributed by atoms with van der Waals surface area (Å²) in [4.78, 5) is 48.0. The van der Waals surface area contributed by atoms with Crippen molar-refractivity contribution in [3.05, 3.63) is 11.1 Å². The van der Waals surface area contributed by atoms with Gasteiger partial charge in [0.2, 0.25) is 5.91 Å². The number of aliphatic carboxylic acids is 1. The standard InChI is InChI=1S/C19H25N5O7S3.Na/c1-18(2)30-4-9(31-18)5-34-19(16(27)28)7-24-14(26)12(15(24)33-8-19)22-13(25)11(23-29-3)10-6-32-17(20)21-10;/h6,9,12,15H,4-5,7-8H2,1-3H3,(H2,20,21)(H,22,25)(H,27,28);/q;+1/p-1/t9?,12?,15-,19?;/m1./s1. The Morgan fingerprint density at radius 1 is 1.49 bits per heavy atom. The van der Waals surface area contributed by atoms with Crippen molar-refractivity contribution in [2.45, 2.75) is 41.9 Å². The Labute approximate surface area is 236 Å². The average Bonchev–Trinajstić information content (AvgIpc) is 3.38. The Balaban J connectivity index is 0.00000342. The van der Waals surface area contributed by atoms with Gasteiger partial charge in [-0.2, -0.15) is 0 Å². The average molecular weight is 554 g/mol. The summed E-state index contributed by atoms with van der Waals surface area (Å²) in [6.45, 7) is 3.94. The first-order valence-corrected chi connectivity index (χ1v) is 13.2. The van der Waals surface area contributed by atoms with Crippen molar-refractivity contribution in [1.82, 2.24) is 15.2 Å². The minimum absolute atomic E-state index is 0. The number of thiazole rings is 1. The number of nitrogens with one attached hydrogen (secondary N) is 1.